The monoisotopic (exact) mass is 186 g/mol. The molecule has 0 saturated heterocycles. The molecule has 0 N–H and O–H groups in total. The van der Waals surface area contributed by atoms with Gasteiger partial charge in [0.25, 0.3) is 0 Å². The molecule has 1 aromatic rings. The Morgan fingerprint density at radius 1 is 0.917 bits per heavy atom. The van der Waals surface area contributed by atoms with Gasteiger partial charge in [0, 0.05) is 0 Å². The van der Waals surface area contributed by atoms with Crippen LogP contribution in [0.3, 0.4) is 0 Å². The Hall–Kier alpha value is -0.440. The lowest BCUT2D eigenvalue weighted by atomic mass is 10.0. The van der Waals surface area contributed by atoms with Gasteiger partial charge in [-0.05, 0) is 11.8 Å². The quantitative estimate of drug-likeness (QED) is 0.707. The first kappa shape index (κ1) is 11.6. The van der Waals surface area contributed by atoms with E-state index in [9.17, 15) is 0 Å². The van der Waals surface area contributed by atoms with E-state index in [-0.39, 0.29) is 7.43 Å². The molecule has 0 fully saturated rings. The van der Waals surface area contributed by atoms with Gasteiger partial charge in [-0.15, -0.1) is 0 Å². The third kappa shape index (κ3) is 2.27. The maximum absolute atomic E-state index is 4.27. The molecule has 0 spiro atoms. The van der Waals surface area contributed by atoms with Gasteiger partial charge in [-0.1, -0.05) is 35.1 Å². The number of nitrogens with zero attached hydrogens (tertiary/aromatic N) is 2. The van der Waals surface area contributed by atoms with E-state index in [1.807, 2.05) is 0 Å². The molecule has 3 heteroatoms. The minimum atomic E-state index is 0. The topological polar surface area (TPSA) is 25.8 Å². The van der Waals surface area contributed by atoms with Crippen LogP contribution in [0.2, 0.25) is 0 Å². The molecule has 0 aliphatic heterocycles. The Bertz CT molecular complexity index is 206. The lowest BCUT2D eigenvalue weighted by molar-refractivity contribution is 0.759. The summed E-state index contributed by atoms with van der Waals surface area (Å²) in [6, 6.07) is 0. The van der Waals surface area contributed by atoms with Crippen LogP contribution in [-0.4, -0.2) is 8.75 Å². The predicted octanol–water partition coefficient (Wildman–Crippen LogP) is 3.42. The van der Waals surface area contributed by atoms with Crippen LogP contribution in [0.4, 0.5) is 0 Å². The van der Waals surface area contributed by atoms with Crippen molar-refractivity contribution in [3.8, 4) is 0 Å². The van der Waals surface area contributed by atoms with E-state index in [1.165, 1.54) is 23.1 Å². The third-order valence-corrected chi connectivity index (χ3v) is 2.19. The molecular formula is C9H18N2S. The maximum Gasteiger partial charge on any atom is 0.0803 e. The minimum Gasteiger partial charge on any atom is -0.178 e. The molecule has 0 saturated carbocycles. The Balaban J connectivity index is 0.00000121. The highest BCUT2D eigenvalue weighted by atomic mass is 32.1. The van der Waals surface area contributed by atoms with Crippen LogP contribution in [0.15, 0.2) is 0 Å². The van der Waals surface area contributed by atoms with Gasteiger partial charge >= 0.3 is 0 Å². The summed E-state index contributed by atoms with van der Waals surface area (Å²) in [7, 11) is 0. The highest BCUT2D eigenvalue weighted by Gasteiger charge is 2.13. The summed E-state index contributed by atoms with van der Waals surface area (Å²) < 4.78 is 8.54. The number of aromatic nitrogens is 2. The molecule has 1 aromatic heterocycles. The smallest absolute Gasteiger partial charge is 0.0803 e. The van der Waals surface area contributed by atoms with Crippen LogP contribution in [0, 0.1) is 0 Å². The first-order chi connectivity index (χ1) is 5.13. The van der Waals surface area contributed by atoms with E-state index in [0.29, 0.717) is 11.8 Å². The van der Waals surface area contributed by atoms with Crippen LogP contribution in [0.1, 0.15) is 58.3 Å². The van der Waals surface area contributed by atoms with Crippen molar-refractivity contribution in [3.63, 3.8) is 0 Å². The Kier molecular flexibility index (Phi) is 4.39. The second kappa shape index (κ2) is 4.55. The van der Waals surface area contributed by atoms with Gasteiger partial charge in [0.1, 0.15) is 0 Å². The van der Waals surface area contributed by atoms with Crippen molar-refractivity contribution in [2.24, 2.45) is 0 Å². The van der Waals surface area contributed by atoms with E-state index >= 15 is 0 Å². The first-order valence-corrected chi connectivity index (χ1v) is 4.68. The molecule has 0 aromatic carbocycles. The summed E-state index contributed by atoms with van der Waals surface area (Å²) in [6.45, 7) is 8.62. The highest BCUT2D eigenvalue weighted by molar-refractivity contribution is 6.99. The molecule has 0 aliphatic carbocycles. The second-order valence-corrected chi connectivity index (χ2v) is 3.87. The summed E-state index contributed by atoms with van der Waals surface area (Å²) in [4.78, 5) is 0. The zero-order valence-electron chi connectivity index (χ0n) is 7.46. The molecule has 1 rings (SSSR count). The van der Waals surface area contributed by atoms with Crippen molar-refractivity contribution >= 4 is 11.7 Å². The van der Waals surface area contributed by atoms with E-state index in [2.05, 4.69) is 36.4 Å². The number of hydrogen-bond donors (Lipinski definition) is 0. The van der Waals surface area contributed by atoms with Crippen molar-refractivity contribution in [1.29, 1.82) is 0 Å². The molecule has 2 nitrogen and oxygen atoms in total. The summed E-state index contributed by atoms with van der Waals surface area (Å²) >= 11 is 1.32. The average molecular weight is 186 g/mol. The SMILES string of the molecule is C.CC(C)c1nsnc1C(C)C. The molecule has 1 heterocycles. The van der Waals surface area contributed by atoms with Gasteiger partial charge in [0.2, 0.25) is 0 Å². The van der Waals surface area contributed by atoms with Crippen LogP contribution >= 0.6 is 11.7 Å². The fraction of sp³-hybridized carbons (Fsp3) is 0.778. The van der Waals surface area contributed by atoms with Gasteiger partial charge < -0.3 is 0 Å². The highest BCUT2D eigenvalue weighted by Crippen LogP contribution is 2.23. The van der Waals surface area contributed by atoms with Crippen molar-refractivity contribution in [2.75, 3.05) is 0 Å². The van der Waals surface area contributed by atoms with Gasteiger partial charge in [-0.25, -0.2) is 0 Å². The van der Waals surface area contributed by atoms with Crippen molar-refractivity contribution in [2.45, 2.75) is 47.0 Å². The molecule has 0 bridgehead atoms. The summed E-state index contributed by atoms with van der Waals surface area (Å²) in [5.41, 5.74) is 2.34. The van der Waals surface area contributed by atoms with Gasteiger partial charge in [0.05, 0.1) is 23.1 Å². The van der Waals surface area contributed by atoms with Gasteiger partial charge in [-0.2, -0.15) is 8.75 Å². The van der Waals surface area contributed by atoms with Crippen LogP contribution < -0.4 is 0 Å². The normalized spacial score (nSPS) is 10.5. The lowest BCUT2D eigenvalue weighted by Crippen LogP contribution is -1.96. The van der Waals surface area contributed by atoms with E-state index in [0.717, 1.165) is 0 Å². The predicted molar refractivity (Wildman–Crippen MR) is 54.8 cm³/mol. The standard InChI is InChI=1S/C8H14N2S.CH4/c1-5(2)7-8(6(3)4)10-11-9-7;/h5-6H,1-4H3;1H4. The fourth-order valence-corrected chi connectivity index (χ4v) is 1.83. The molecule has 70 valence electrons. The van der Waals surface area contributed by atoms with Crippen LogP contribution in [0.25, 0.3) is 0 Å². The molecule has 0 radical (unpaired) electrons. The maximum atomic E-state index is 4.27. The van der Waals surface area contributed by atoms with Gasteiger partial charge in [0.15, 0.2) is 0 Å². The first-order valence-electron chi connectivity index (χ1n) is 3.95. The summed E-state index contributed by atoms with van der Waals surface area (Å²) in [6.07, 6.45) is 0. The average Bonchev–Trinajstić information content (AvgIpc) is 2.32. The fourth-order valence-electron chi connectivity index (χ4n) is 1.00. The Labute approximate surface area is 79.4 Å². The van der Waals surface area contributed by atoms with E-state index in [1.54, 1.807) is 0 Å². The summed E-state index contributed by atoms with van der Waals surface area (Å²) in [5.74, 6) is 1.01. The molecule has 0 amide bonds. The Morgan fingerprint density at radius 2 is 1.25 bits per heavy atom. The van der Waals surface area contributed by atoms with E-state index < -0.39 is 0 Å². The van der Waals surface area contributed by atoms with Crippen molar-refractivity contribution in [3.05, 3.63) is 11.4 Å². The largest absolute Gasteiger partial charge is 0.178 e. The second-order valence-electron chi connectivity index (χ2n) is 3.34. The number of rotatable bonds is 2. The molecule has 12 heavy (non-hydrogen) atoms. The van der Waals surface area contributed by atoms with Crippen LogP contribution in [-0.2, 0) is 0 Å². The van der Waals surface area contributed by atoms with Crippen molar-refractivity contribution < 1.29 is 0 Å². The summed E-state index contributed by atoms with van der Waals surface area (Å²) in [5, 5.41) is 0. The van der Waals surface area contributed by atoms with Crippen LogP contribution in [0.5, 0.6) is 0 Å². The molecule has 0 atom stereocenters. The molecule has 0 unspecified atom stereocenters. The van der Waals surface area contributed by atoms with E-state index in [4.69, 9.17) is 0 Å². The zero-order chi connectivity index (χ0) is 8.43. The molecular weight excluding hydrogens is 168 g/mol. The van der Waals surface area contributed by atoms with Gasteiger partial charge in [-0.3, -0.25) is 0 Å². The van der Waals surface area contributed by atoms with Crippen molar-refractivity contribution in [1.82, 2.24) is 8.75 Å². The lowest BCUT2D eigenvalue weighted by Gasteiger charge is -2.05. The molecule has 0 aliphatic rings. The third-order valence-electron chi connectivity index (χ3n) is 1.63. The number of hydrogen-bond acceptors (Lipinski definition) is 3. The Morgan fingerprint density at radius 3 is 1.50 bits per heavy atom. The zero-order valence-corrected chi connectivity index (χ0v) is 8.27. The minimum absolute atomic E-state index is 0.